The van der Waals surface area contributed by atoms with E-state index in [4.69, 9.17) is 9.90 Å². The fourth-order valence-corrected chi connectivity index (χ4v) is 7.74. The third-order valence-electron chi connectivity index (χ3n) is 11.1. The van der Waals surface area contributed by atoms with Gasteiger partial charge in [-0.25, -0.2) is 4.79 Å². The number of aliphatic carboxylic acids is 1. The van der Waals surface area contributed by atoms with E-state index in [0.717, 1.165) is 72.9 Å². The molecule has 2 fully saturated rings. The number of likely N-dealkylation sites (tertiary alicyclic amines) is 1. The second-order valence-corrected chi connectivity index (χ2v) is 15.4. The van der Waals surface area contributed by atoms with E-state index in [-0.39, 0.29) is 24.3 Å². The Morgan fingerprint density at radius 1 is 0.712 bits per heavy atom. The average molecular weight is 813 g/mol. The van der Waals surface area contributed by atoms with Crippen molar-refractivity contribution in [3.05, 3.63) is 131 Å². The average Bonchev–Trinajstić information content (AvgIpc) is 3.26. The molecule has 59 heavy (non-hydrogen) atoms. The van der Waals surface area contributed by atoms with E-state index in [1.54, 1.807) is 12.1 Å². The Hall–Kier alpha value is -5.49. The van der Waals surface area contributed by atoms with Gasteiger partial charge in [-0.1, -0.05) is 98.1 Å². The van der Waals surface area contributed by atoms with Crippen molar-refractivity contribution >= 4 is 23.7 Å². The normalized spacial score (nSPS) is 14.8. The van der Waals surface area contributed by atoms with E-state index >= 15 is 0 Å². The Labute approximate surface area is 345 Å². The highest BCUT2D eigenvalue weighted by Crippen LogP contribution is 2.28. The summed E-state index contributed by atoms with van der Waals surface area (Å²) in [6.07, 6.45) is 5.36. The molecule has 314 valence electrons. The Morgan fingerprint density at radius 2 is 1.27 bits per heavy atom. The summed E-state index contributed by atoms with van der Waals surface area (Å²) in [4.78, 5) is 52.7. The lowest BCUT2D eigenvalue weighted by Gasteiger charge is -2.32. The minimum Gasteiger partial charge on any atom is -0.475 e. The molecule has 0 bridgehead atoms. The van der Waals surface area contributed by atoms with Crippen molar-refractivity contribution < 1.29 is 37.5 Å². The number of carbonyl (C=O) groups excluding carboxylic acids is 3. The zero-order chi connectivity index (χ0) is 42.0. The van der Waals surface area contributed by atoms with Gasteiger partial charge in [-0.3, -0.25) is 14.4 Å². The molecule has 0 aliphatic carbocycles. The van der Waals surface area contributed by atoms with Crippen LogP contribution >= 0.6 is 0 Å². The van der Waals surface area contributed by atoms with Crippen molar-refractivity contribution in [2.45, 2.75) is 70.5 Å². The maximum absolute atomic E-state index is 13.6. The van der Waals surface area contributed by atoms with Crippen molar-refractivity contribution in [1.82, 2.24) is 20.4 Å². The van der Waals surface area contributed by atoms with E-state index in [1.807, 2.05) is 82.6 Å². The second-order valence-electron chi connectivity index (χ2n) is 15.4. The lowest BCUT2D eigenvalue weighted by atomic mass is 9.87. The summed E-state index contributed by atoms with van der Waals surface area (Å²) < 4.78 is 31.7. The van der Waals surface area contributed by atoms with Crippen LogP contribution in [0.2, 0.25) is 0 Å². The number of rotatable bonds is 15. The molecular formula is C47H55F3N4O5. The Kier molecular flexibility index (Phi) is 17.1. The quantitative estimate of drug-likeness (QED) is 0.111. The molecule has 2 aliphatic rings. The number of halogens is 3. The third-order valence-corrected chi connectivity index (χ3v) is 11.1. The number of amides is 3. The van der Waals surface area contributed by atoms with E-state index < -0.39 is 12.1 Å². The van der Waals surface area contributed by atoms with Gasteiger partial charge in [0.15, 0.2) is 0 Å². The lowest BCUT2D eigenvalue weighted by molar-refractivity contribution is -0.192. The number of hydrogen-bond donors (Lipinski definition) is 3. The molecule has 4 aromatic rings. The van der Waals surface area contributed by atoms with Gasteiger partial charge < -0.3 is 25.5 Å². The maximum Gasteiger partial charge on any atom is 0.490 e. The topological polar surface area (TPSA) is 119 Å². The molecule has 4 aromatic carbocycles. The number of benzene rings is 4. The largest absolute Gasteiger partial charge is 0.490 e. The third kappa shape index (κ3) is 14.7. The lowest BCUT2D eigenvalue weighted by Crippen LogP contribution is -2.40. The standard InChI is InChI=1S/C45H54N4O3.C2HF3O2/c50-43(33-47-44(51)39-17-5-2-6-18-39)49(28-10-16-35-11-3-1-4-12-35)34-38-15-8-19-40(31-38)41-20-9-21-42(32-41)45(52)48-29-24-37(25-30-48)14-7-13-36-22-26-46-27-23-36;3-2(4,5)1(6)7/h1-6,8-9,11-12,15,17-21,31-32,36-37,46H,7,10,13-14,16,22-30,33-34H2,(H,47,51);(H,6,7). The first-order valence-corrected chi connectivity index (χ1v) is 20.6. The minimum absolute atomic E-state index is 0.0709. The van der Waals surface area contributed by atoms with Gasteiger partial charge in [-0.2, -0.15) is 13.2 Å². The number of carboxylic acids is 1. The van der Waals surface area contributed by atoms with Crippen molar-refractivity contribution in [2.24, 2.45) is 11.8 Å². The molecule has 9 nitrogen and oxygen atoms in total. The van der Waals surface area contributed by atoms with E-state index in [9.17, 15) is 27.6 Å². The summed E-state index contributed by atoms with van der Waals surface area (Å²) in [5, 5.41) is 13.4. The molecule has 6 rings (SSSR count). The van der Waals surface area contributed by atoms with Crippen molar-refractivity contribution in [3.8, 4) is 11.1 Å². The molecule has 2 heterocycles. The van der Waals surface area contributed by atoms with Gasteiger partial charge in [-0.15, -0.1) is 0 Å². The monoisotopic (exact) mass is 812 g/mol. The van der Waals surface area contributed by atoms with Crippen LogP contribution in [0.15, 0.2) is 109 Å². The molecule has 12 heteroatoms. The van der Waals surface area contributed by atoms with Gasteiger partial charge in [0, 0.05) is 37.3 Å². The Balaban J connectivity index is 0.000000867. The predicted octanol–water partition coefficient (Wildman–Crippen LogP) is 8.40. The number of piperidine rings is 2. The molecule has 0 aromatic heterocycles. The zero-order valence-electron chi connectivity index (χ0n) is 33.5. The molecule has 0 spiro atoms. The van der Waals surface area contributed by atoms with Crippen LogP contribution in [0.25, 0.3) is 11.1 Å². The summed E-state index contributed by atoms with van der Waals surface area (Å²) in [5.74, 6) is -1.42. The summed E-state index contributed by atoms with van der Waals surface area (Å²) in [7, 11) is 0. The van der Waals surface area contributed by atoms with E-state index in [0.29, 0.717) is 18.7 Å². The fraction of sp³-hybridized carbons (Fsp3) is 0.404. The Bertz CT molecular complexity index is 1950. The van der Waals surface area contributed by atoms with Crippen LogP contribution in [0, 0.1) is 11.8 Å². The molecule has 0 atom stereocenters. The SMILES string of the molecule is O=C(NCC(=O)N(CCCc1ccccc1)Cc1cccc(-c2cccc(C(=O)N3CCC(CCCC4CCNCC4)CC3)c2)c1)c1ccccc1.O=C(O)C(F)(F)F. The molecule has 3 N–H and O–H groups in total. The second kappa shape index (κ2) is 22.6. The van der Waals surface area contributed by atoms with Crippen LogP contribution in [-0.2, 0) is 22.6 Å². The van der Waals surface area contributed by atoms with Crippen LogP contribution in [-0.4, -0.2) is 84.0 Å². The fourth-order valence-electron chi connectivity index (χ4n) is 7.74. The van der Waals surface area contributed by atoms with Gasteiger partial charge in [0.1, 0.15) is 0 Å². The van der Waals surface area contributed by atoms with Crippen LogP contribution in [0.1, 0.15) is 83.2 Å². The molecular weight excluding hydrogens is 758 g/mol. The van der Waals surface area contributed by atoms with Gasteiger partial charge in [0.05, 0.1) is 6.54 Å². The van der Waals surface area contributed by atoms with Gasteiger partial charge in [-0.05, 0) is 116 Å². The number of alkyl halides is 3. The molecule has 0 radical (unpaired) electrons. The summed E-state index contributed by atoms with van der Waals surface area (Å²) in [6.45, 7) is 4.92. The number of nitrogens with one attached hydrogen (secondary N) is 2. The van der Waals surface area contributed by atoms with Crippen molar-refractivity contribution in [3.63, 3.8) is 0 Å². The Morgan fingerprint density at radius 3 is 1.92 bits per heavy atom. The number of carbonyl (C=O) groups is 4. The first kappa shape index (κ1) is 44.6. The van der Waals surface area contributed by atoms with Gasteiger partial charge in [0.25, 0.3) is 11.8 Å². The minimum atomic E-state index is -5.08. The number of carboxylic acid groups (broad SMARTS) is 1. The van der Waals surface area contributed by atoms with E-state index in [2.05, 4.69) is 34.9 Å². The predicted molar refractivity (Wildman–Crippen MR) is 223 cm³/mol. The molecule has 3 amide bonds. The van der Waals surface area contributed by atoms with E-state index in [1.165, 1.54) is 50.8 Å². The first-order valence-electron chi connectivity index (χ1n) is 20.6. The van der Waals surface area contributed by atoms with Crippen LogP contribution in [0.4, 0.5) is 13.2 Å². The number of nitrogens with zero attached hydrogens (tertiary/aromatic N) is 2. The van der Waals surface area contributed by atoms with Crippen LogP contribution in [0.5, 0.6) is 0 Å². The van der Waals surface area contributed by atoms with Gasteiger partial charge in [0.2, 0.25) is 5.91 Å². The molecule has 2 saturated heterocycles. The van der Waals surface area contributed by atoms with Crippen LogP contribution in [0.3, 0.4) is 0 Å². The molecule has 0 saturated carbocycles. The van der Waals surface area contributed by atoms with Crippen LogP contribution < -0.4 is 10.6 Å². The highest BCUT2D eigenvalue weighted by atomic mass is 19.4. The number of aryl methyl sites for hydroxylation is 1. The highest BCUT2D eigenvalue weighted by Gasteiger charge is 2.38. The first-order chi connectivity index (χ1) is 28.5. The summed E-state index contributed by atoms with van der Waals surface area (Å²) >= 11 is 0. The smallest absolute Gasteiger partial charge is 0.475 e. The maximum atomic E-state index is 13.6. The molecule has 0 unspecified atom stereocenters. The number of hydrogen-bond acceptors (Lipinski definition) is 5. The summed E-state index contributed by atoms with van der Waals surface area (Å²) in [6, 6.07) is 35.4. The molecule has 2 aliphatic heterocycles. The van der Waals surface area contributed by atoms with Gasteiger partial charge >= 0.3 is 12.1 Å². The summed E-state index contributed by atoms with van der Waals surface area (Å²) in [5.41, 5.74) is 5.47. The van der Waals surface area contributed by atoms with Crippen molar-refractivity contribution in [2.75, 3.05) is 39.3 Å². The zero-order valence-corrected chi connectivity index (χ0v) is 33.5. The highest BCUT2D eigenvalue weighted by molar-refractivity contribution is 5.96. The van der Waals surface area contributed by atoms with Crippen molar-refractivity contribution in [1.29, 1.82) is 0 Å².